The Morgan fingerprint density at radius 3 is 1.06 bits per heavy atom. The predicted molar refractivity (Wildman–Crippen MR) is 291 cm³/mol. The quantitative estimate of drug-likeness (QED) is 0.126. The zero-order chi connectivity index (χ0) is 64.7. The number of nitrogens with zero attached hydrogens (tertiary/aromatic N) is 2. The monoisotopic (exact) mass is 924 g/mol. The van der Waals surface area contributed by atoms with Crippen LogP contribution in [0.2, 0.25) is 0 Å². The summed E-state index contributed by atoms with van der Waals surface area (Å²) in [5.41, 5.74) is -1.10. The summed E-state index contributed by atoms with van der Waals surface area (Å²) >= 11 is 0. The first kappa shape index (κ1) is 26.0. The molecule has 0 N–H and O–H groups in total. The van der Waals surface area contributed by atoms with Crippen LogP contribution in [0.4, 0.5) is 42.9 Å². The molecule has 0 amide bonds. The fourth-order valence-electron chi connectivity index (χ4n) is 9.41. The van der Waals surface area contributed by atoms with E-state index < -0.39 is 155 Å². The first-order valence-electron chi connectivity index (χ1n) is 32.1. The van der Waals surface area contributed by atoms with Crippen molar-refractivity contribution in [3.63, 3.8) is 0 Å². The predicted octanol–water partition coefficient (Wildman–Crippen LogP) is 19.1. The molecule has 70 heavy (non-hydrogen) atoms. The minimum Gasteiger partial charge on any atom is -0.306 e. The molecule has 12 aromatic carbocycles. The smallest absolute Gasteiger partial charge is 0.148 e. The van der Waals surface area contributed by atoms with Gasteiger partial charge in [0.25, 0.3) is 0 Å². The molecule has 0 saturated heterocycles. The van der Waals surface area contributed by atoms with Gasteiger partial charge in [-0.15, -0.1) is 0 Å². The second kappa shape index (κ2) is 17.7. The molecule has 0 saturated carbocycles. The molecule has 12 rings (SSSR count). The van der Waals surface area contributed by atoms with E-state index in [2.05, 4.69) is 0 Å². The van der Waals surface area contributed by atoms with Gasteiger partial charge in [0, 0.05) is 33.3 Å². The standard InChI is InChI=1S/C66H46F2N2/c1-43-19-15-17-29-59(43)69(65-55(47-25-11-5-12-26-47)39-51(41-57(65)67)45-21-7-3-8-22-45)61-37-33-49-32-36-54-62(38-34-50-31-35-53(61)63(49)64(50)54)70(60-30-18-16-20-44(60)2)66-56(48-27-13-6-14-28-48)40-52(42-58(66)68)46-23-9-4-10-24-46/h3-42H,1-2H3/i3D,4D,5D,6D,7D,8D,9D,10D,11D,12D,13D,14D,21D,22D,23D,24D,25D,26D,27D,28D. The number of hydrogen-bond acceptors (Lipinski definition) is 2. The molecular formula is C66H46F2N2. The summed E-state index contributed by atoms with van der Waals surface area (Å²) in [6, 6.07) is 18.2. The van der Waals surface area contributed by atoms with Crippen molar-refractivity contribution in [3.8, 4) is 44.5 Å². The van der Waals surface area contributed by atoms with Crippen LogP contribution in [-0.2, 0) is 0 Å². The zero-order valence-electron chi connectivity index (χ0n) is 57.2. The van der Waals surface area contributed by atoms with Gasteiger partial charge in [0.2, 0.25) is 0 Å². The number of aryl methyl sites for hydroxylation is 2. The Balaban J connectivity index is 1.19. The van der Waals surface area contributed by atoms with E-state index in [4.69, 9.17) is 21.9 Å². The molecule has 2 nitrogen and oxygen atoms in total. The van der Waals surface area contributed by atoms with Crippen LogP contribution < -0.4 is 9.80 Å². The summed E-state index contributed by atoms with van der Waals surface area (Å²) in [5.74, 6) is -2.17. The molecular weight excluding hydrogens is 859 g/mol. The molecule has 0 fully saturated rings. The van der Waals surface area contributed by atoms with Crippen molar-refractivity contribution in [2.75, 3.05) is 9.80 Å². The maximum absolute atomic E-state index is 18.4. The van der Waals surface area contributed by atoms with Crippen molar-refractivity contribution in [3.05, 3.63) is 265 Å². The van der Waals surface area contributed by atoms with Crippen molar-refractivity contribution in [1.29, 1.82) is 0 Å². The van der Waals surface area contributed by atoms with Crippen molar-refractivity contribution < 1.29 is 36.2 Å². The fraction of sp³-hybridized carbons (Fsp3) is 0.0303. The fourth-order valence-corrected chi connectivity index (χ4v) is 9.41. The Morgan fingerprint density at radius 1 is 0.343 bits per heavy atom. The van der Waals surface area contributed by atoms with Gasteiger partial charge in [-0.2, -0.15) is 0 Å². The number of halogens is 2. The third-order valence-electron chi connectivity index (χ3n) is 12.5. The first-order chi connectivity index (χ1) is 42.7. The van der Waals surface area contributed by atoms with Crippen LogP contribution in [0.25, 0.3) is 76.8 Å². The summed E-state index contributed by atoms with van der Waals surface area (Å²) in [4.78, 5) is 3.08. The van der Waals surface area contributed by atoms with Gasteiger partial charge >= 0.3 is 0 Å². The highest BCUT2D eigenvalue weighted by Crippen LogP contribution is 2.52. The summed E-state index contributed by atoms with van der Waals surface area (Å²) in [5, 5.41) is 3.35. The van der Waals surface area contributed by atoms with Crippen molar-refractivity contribution >= 4 is 66.4 Å². The van der Waals surface area contributed by atoms with Crippen LogP contribution in [0.1, 0.15) is 38.5 Å². The number of benzene rings is 12. The minimum atomic E-state index is -1.08. The van der Waals surface area contributed by atoms with Crippen LogP contribution in [0.15, 0.2) is 242 Å². The average molecular weight is 925 g/mol. The van der Waals surface area contributed by atoms with E-state index in [9.17, 15) is 5.48 Å². The Morgan fingerprint density at radius 2 is 0.686 bits per heavy atom. The molecule has 0 aliphatic heterocycles. The highest BCUT2D eigenvalue weighted by atomic mass is 19.1. The van der Waals surface area contributed by atoms with Gasteiger partial charge in [0.15, 0.2) is 0 Å². The van der Waals surface area contributed by atoms with E-state index in [1.54, 1.807) is 98.8 Å². The number of para-hydroxylation sites is 2. The van der Waals surface area contributed by atoms with E-state index in [1.165, 1.54) is 21.9 Å². The van der Waals surface area contributed by atoms with Crippen molar-refractivity contribution in [1.82, 2.24) is 0 Å². The Kier molecular flexibility index (Phi) is 6.57. The lowest BCUT2D eigenvalue weighted by Gasteiger charge is -2.32. The van der Waals surface area contributed by atoms with Gasteiger partial charge in [0.1, 0.15) is 11.6 Å². The highest BCUT2D eigenvalue weighted by Gasteiger charge is 2.29. The second-order valence-electron chi connectivity index (χ2n) is 16.5. The lowest BCUT2D eigenvalue weighted by Crippen LogP contribution is -2.15. The molecule has 12 aromatic rings. The molecule has 4 heteroatoms. The molecule has 0 atom stereocenters. The molecule has 0 unspecified atom stereocenters. The van der Waals surface area contributed by atoms with E-state index in [-0.39, 0.29) is 45.0 Å². The van der Waals surface area contributed by atoms with Gasteiger partial charge in [-0.05, 0) is 128 Å². The maximum atomic E-state index is 18.4. The van der Waals surface area contributed by atoms with Gasteiger partial charge in [-0.3, -0.25) is 0 Å². The molecule has 0 bridgehead atoms. The lowest BCUT2D eigenvalue weighted by molar-refractivity contribution is 0.629. The van der Waals surface area contributed by atoms with E-state index in [0.717, 1.165) is 12.1 Å². The van der Waals surface area contributed by atoms with Crippen molar-refractivity contribution in [2.45, 2.75) is 13.8 Å². The van der Waals surface area contributed by atoms with Gasteiger partial charge < -0.3 is 9.80 Å². The summed E-state index contributed by atoms with van der Waals surface area (Å²) in [6.07, 6.45) is 0. The third kappa shape index (κ3) is 7.33. The zero-order valence-corrected chi connectivity index (χ0v) is 37.2. The minimum absolute atomic E-state index is 0.254. The Hall–Kier alpha value is -8.86. The molecule has 0 aliphatic rings. The Labute approximate surface area is 435 Å². The molecule has 0 spiro atoms. The van der Waals surface area contributed by atoms with Crippen LogP contribution in [-0.4, -0.2) is 0 Å². The van der Waals surface area contributed by atoms with Gasteiger partial charge in [-0.1, -0.05) is 194 Å². The first-order valence-corrected chi connectivity index (χ1v) is 22.1. The van der Waals surface area contributed by atoms with Crippen LogP contribution in [0.5, 0.6) is 0 Å². The van der Waals surface area contributed by atoms with Crippen LogP contribution >= 0.6 is 0 Å². The second-order valence-corrected chi connectivity index (χ2v) is 16.5. The normalized spacial score (nSPS) is 15.4. The summed E-state index contributed by atoms with van der Waals surface area (Å²) < 4.78 is 212. The number of hydrogen-bond donors (Lipinski definition) is 0. The average Bonchev–Trinajstić information content (AvgIpc) is 0.723. The molecule has 0 aliphatic carbocycles. The number of anilines is 6. The van der Waals surface area contributed by atoms with Crippen LogP contribution in [0, 0.1) is 25.5 Å². The topological polar surface area (TPSA) is 6.48 Å². The molecule has 0 heterocycles. The molecule has 0 radical (unpaired) electrons. The van der Waals surface area contributed by atoms with E-state index in [0.29, 0.717) is 54.8 Å². The van der Waals surface area contributed by atoms with E-state index in [1.807, 2.05) is 12.1 Å². The SMILES string of the molecule is [2H]c1c([2H])c([2H])c(-c2cc(F)c(N(c3ccccc3C)c3ccc4ccc5c(N(c6ccccc6C)c6c(F)cc(-c7c([2H])c([2H])c([2H])c([2H])c7[2H])cc6-c6c([2H])c([2H])c([2H])c([2H])c6[2H])ccc6ccc3c4c65)c(-c3c([2H])c([2H])c([2H])c([2H])c3[2H])c2)c([2H])c1[2H]. The Bertz CT molecular complexity index is 4680. The lowest BCUT2D eigenvalue weighted by atomic mass is 9.90. The van der Waals surface area contributed by atoms with Gasteiger partial charge in [-0.25, -0.2) is 8.78 Å². The third-order valence-corrected chi connectivity index (χ3v) is 12.5. The largest absolute Gasteiger partial charge is 0.306 e. The van der Waals surface area contributed by atoms with E-state index >= 15 is 8.78 Å². The van der Waals surface area contributed by atoms with Crippen LogP contribution in [0.3, 0.4) is 0 Å². The summed E-state index contributed by atoms with van der Waals surface area (Å²) in [6.45, 7) is 3.53. The number of rotatable bonds is 10. The highest BCUT2D eigenvalue weighted by molar-refractivity contribution is 6.28. The van der Waals surface area contributed by atoms with Gasteiger partial charge in [0.05, 0.1) is 50.2 Å². The maximum Gasteiger partial charge on any atom is 0.148 e. The molecule has 0 aromatic heterocycles. The molecule has 334 valence electrons. The summed E-state index contributed by atoms with van der Waals surface area (Å²) in [7, 11) is 0. The van der Waals surface area contributed by atoms with Crippen molar-refractivity contribution in [2.24, 2.45) is 0 Å².